The van der Waals surface area contributed by atoms with E-state index >= 15 is 0 Å². The van der Waals surface area contributed by atoms with Crippen LogP contribution in [0.3, 0.4) is 0 Å². The number of ether oxygens (including phenoxy) is 1. The number of hydrogen-bond acceptors (Lipinski definition) is 6. The number of aromatic nitrogens is 2. The zero-order valence-corrected chi connectivity index (χ0v) is 11.6. The summed E-state index contributed by atoms with van der Waals surface area (Å²) in [5, 5.41) is 3.93. The van der Waals surface area contributed by atoms with E-state index in [4.69, 9.17) is 4.74 Å². The van der Waals surface area contributed by atoms with Gasteiger partial charge in [0.25, 0.3) is 5.91 Å². The normalized spacial score (nSPS) is 10.2. The Labute approximate surface area is 110 Å². The highest BCUT2D eigenvalue weighted by atomic mass is 32.1. The maximum atomic E-state index is 12.1. The molecule has 1 aromatic heterocycles. The monoisotopic (exact) mass is 271 g/mol. The minimum absolute atomic E-state index is 0.0594. The van der Waals surface area contributed by atoms with Crippen LogP contribution in [0.1, 0.15) is 35.6 Å². The fourth-order valence-electron chi connectivity index (χ4n) is 1.42. The lowest BCUT2D eigenvalue weighted by Crippen LogP contribution is -2.33. The zero-order valence-electron chi connectivity index (χ0n) is 10.8. The van der Waals surface area contributed by atoms with Gasteiger partial charge in [0.2, 0.25) is 0 Å². The average Bonchev–Trinajstić information content (AvgIpc) is 2.77. The van der Waals surface area contributed by atoms with Crippen LogP contribution in [-0.2, 0) is 16.0 Å². The summed E-state index contributed by atoms with van der Waals surface area (Å²) in [6.45, 7) is 3.99. The molecule has 0 bridgehead atoms. The number of hydrogen-bond donors (Lipinski definition) is 0. The van der Waals surface area contributed by atoms with Gasteiger partial charge in [-0.25, -0.2) is 0 Å². The third-order valence-corrected chi connectivity index (χ3v) is 3.01. The van der Waals surface area contributed by atoms with Crippen molar-refractivity contribution in [2.75, 3.05) is 20.2 Å². The number of esters is 1. The van der Waals surface area contributed by atoms with E-state index in [1.807, 2.05) is 6.92 Å². The number of carbonyl (C=O) groups excluding carboxylic acids is 2. The Balaban J connectivity index is 2.68. The highest BCUT2D eigenvalue weighted by molar-refractivity contribution is 7.08. The van der Waals surface area contributed by atoms with Crippen LogP contribution in [0.4, 0.5) is 0 Å². The summed E-state index contributed by atoms with van der Waals surface area (Å²) in [5.41, 5.74) is 0.697. The molecular weight excluding hydrogens is 254 g/mol. The molecule has 0 saturated carbocycles. The summed E-state index contributed by atoms with van der Waals surface area (Å²) >= 11 is 1.06. The summed E-state index contributed by atoms with van der Waals surface area (Å²) in [4.78, 5) is 25.2. The Bertz CT molecular complexity index is 419. The van der Waals surface area contributed by atoms with Crippen LogP contribution < -0.4 is 0 Å². The molecule has 0 aliphatic carbocycles. The summed E-state index contributed by atoms with van der Waals surface area (Å²) < 4.78 is 8.58. The van der Waals surface area contributed by atoms with Crippen molar-refractivity contribution in [2.45, 2.75) is 26.7 Å². The summed E-state index contributed by atoms with van der Waals surface area (Å²) in [6, 6.07) is 0. The SMILES string of the molecule is CCCc1nnsc1C(=O)N(C)CC(=O)OCC. The first-order valence-electron chi connectivity index (χ1n) is 5.82. The molecular formula is C11H17N3O3S. The van der Waals surface area contributed by atoms with Gasteiger partial charge in [0.15, 0.2) is 0 Å². The second kappa shape index (κ2) is 7.05. The number of carbonyl (C=O) groups is 2. The van der Waals surface area contributed by atoms with Crippen LogP contribution in [0.15, 0.2) is 0 Å². The second-order valence-electron chi connectivity index (χ2n) is 3.76. The first kappa shape index (κ1) is 14.6. The van der Waals surface area contributed by atoms with Crippen molar-refractivity contribution in [1.82, 2.24) is 14.5 Å². The third kappa shape index (κ3) is 3.76. The molecule has 1 rings (SSSR count). The molecule has 0 spiro atoms. The molecule has 7 heteroatoms. The van der Waals surface area contributed by atoms with Gasteiger partial charge < -0.3 is 9.64 Å². The van der Waals surface area contributed by atoms with E-state index in [1.54, 1.807) is 14.0 Å². The van der Waals surface area contributed by atoms with Crippen LogP contribution in [0.2, 0.25) is 0 Å². The number of amides is 1. The van der Waals surface area contributed by atoms with Gasteiger partial charge in [0.05, 0.1) is 12.3 Å². The van der Waals surface area contributed by atoms with Crippen molar-refractivity contribution >= 4 is 23.4 Å². The Kier molecular flexibility index (Phi) is 5.70. The molecule has 0 atom stereocenters. The number of likely N-dealkylation sites (N-methyl/N-ethyl adjacent to an activating group) is 1. The first-order valence-corrected chi connectivity index (χ1v) is 6.59. The Morgan fingerprint density at radius 3 is 2.72 bits per heavy atom. The first-order chi connectivity index (χ1) is 8.60. The third-order valence-electron chi connectivity index (χ3n) is 2.26. The van der Waals surface area contributed by atoms with E-state index in [9.17, 15) is 9.59 Å². The molecule has 1 aromatic rings. The lowest BCUT2D eigenvalue weighted by atomic mass is 10.2. The largest absolute Gasteiger partial charge is 0.465 e. The van der Waals surface area contributed by atoms with Crippen LogP contribution >= 0.6 is 11.5 Å². The Hall–Kier alpha value is -1.50. The van der Waals surface area contributed by atoms with Gasteiger partial charge in [-0.3, -0.25) is 9.59 Å². The quantitative estimate of drug-likeness (QED) is 0.725. The van der Waals surface area contributed by atoms with E-state index in [2.05, 4.69) is 9.59 Å². The number of nitrogens with zero attached hydrogens (tertiary/aromatic N) is 3. The molecule has 0 aliphatic heterocycles. The molecule has 18 heavy (non-hydrogen) atoms. The van der Waals surface area contributed by atoms with Crippen molar-refractivity contribution in [3.8, 4) is 0 Å². The van der Waals surface area contributed by atoms with Gasteiger partial charge >= 0.3 is 5.97 Å². The predicted octanol–water partition coefficient (Wildman–Crippen LogP) is 1.13. The standard InChI is InChI=1S/C11H17N3O3S/c1-4-6-8-10(18-13-12-8)11(16)14(3)7-9(15)17-5-2/h4-7H2,1-3H3. The maximum Gasteiger partial charge on any atom is 0.325 e. The van der Waals surface area contributed by atoms with Gasteiger partial charge in [0.1, 0.15) is 11.4 Å². The molecule has 0 radical (unpaired) electrons. The van der Waals surface area contributed by atoms with Crippen molar-refractivity contribution < 1.29 is 14.3 Å². The molecule has 100 valence electrons. The smallest absolute Gasteiger partial charge is 0.325 e. The fourth-order valence-corrected chi connectivity index (χ4v) is 2.12. The number of rotatable bonds is 6. The van der Waals surface area contributed by atoms with Gasteiger partial charge in [-0.15, -0.1) is 5.10 Å². The van der Waals surface area contributed by atoms with Crippen molar-refractivity contribution in [2.24, 2.45) is 0 Å². The Morgan fingerprint density at radius 1 is 1.39 bits per heavy atom. The topological polar surface area (TPSA) is 72.4 Å². The zero-order chi connectivity index (χ0) is 13.5. The highest BCUT2D eigenvalue weighted by Gasteiger charge is 2.21. The van der Waals surface area contributed by atoms with E-state index in [-0.39, 0.29) is 12.5 Å². The minimum Gasteiger partial charge on any atom is -0.465 e. The molecule has 0 unspecified atom stereocenters. The molecule has 0 saturated heterocycles. The van der Waals surface area contributed by atoms with Crippen LogP contribution in [-0.4, -0.2) is 46.6 Å². The highest BCUT2D eigenvalue weighted by Crippen LogP contribution is 2.14. The minimum atomic E-state index is -0.414. The summed E-state index contributed by atoms with van der Waals surface area (Å²) in [5.74, 6) is -0.649. The van der Waals surface area contributed by atoms with E-state index in [0.717, 1.165) is 18.0 Å². The van der Waals surface area contributed by atoms with E-state index < -0.39 is 5.97 Å². The van der Waals surface area contributed by atoms with Crippen molar-refractivity contribution in [1.29, 1.82) is 0 Å². The van der Waals surface area contributed by atoms with Gasteiger partial charge in [-0.1, -0.05) is 17.8 Å². The van der Waals surface area contributed by atoms with Crippen molar-refractivity contribution in [3.05, 3.63) is 10.6 Å². The fraction of sp³-hybridized carbons (Fsp3) is 0.636. The van der Waals surface area contributed by atoms with E-state index in [1.165, 1.54) is 4.90 Å². The predicted molar refractivity (Wildman–Crippen MR) is 67.5 cm³/mol. The Morgan fingerprint density at radius 2 is 2.11 bits per heavy atom. The van der Waals surface area contributed by atoms with Crippen LogP contribution in [0.25, 0.3) is 0 Å². The number of aryl methyl sites for hydroxylation is 1. The van der Waals surface area contributed by atoms with Gasteiger partial charge in [0, 0.05) is 7.05 Å². The summed E-state index contributed by atoms with van der Waals surface area (Å²) in [7, 11) is 1.56. The second-order valence-corrected chi connectivity index (χ2v) is 4.52. The summed E-state index contributed by atoms with van der Waals surface area (Å²) in [6.07, 6.45) is 1.61. The molecule has 1 heterocycles. The molecule has 0 aromatic carbocycles. The maximum absolute atomic E-state index is 12.1. The molecule has 1 amide bonds. The van der Waals surface area contributed by atoms with Crippen LogP contribution in [0.5, 0.6) is 0 Å². The van der Waals surface area contributed by atoms with Gasteiger partial charge in [-0.2, -0.15) is 0 Å². The molecule has 6 nitrogen and oxygen atoms in total. The molecule has 0 fully saturated rings. The average molecular weight is 271 g/mol. The molecule has 0 aliphatic rings. The molecule has 0 N–H and O–H groups in total. The lowest BCUT2D eigenvalue weighted by Gasteiger charge is -2.15. The lowest BCUT2D eigenvalue weighted by molar-refractivity contribution is -0.143. The van der Waals surface area contributed by atoms with Gasteiger partial charge in [-0.05, 0) is 24.9 Å². The van der Waals surface area contributed by atoms with Crippen molar-refractivity contribution in [3.63, 3.8) is 0 Å². The van der Waals surface area contributed by atoms with Crippen LogP contribution in [0, 0.1) is 0 Å². The van der Waals surface area contributed by atoms with E-state index in [0.29, 0.717) is 23.6 Å².